The van der Waals surface area contributed by atoms with Gasteiger partial charge in [-0.25, -0.2) is 9.37 Å². The number of ether oxygens (including phenoxy) is 4. The first kappa shape index (κ1) is 26.8. The molecule has 0 saturated carbocycles. The Kier molecular flexibility index (Phi) is 6.84. The highest BCUT2D eigenvalue weighted by atomic mass is 19.1. The monoisotopic (exact) mass is 544 g/mol. The Hall–Kier alpha value is -3.40. The van der Waals surface area contributed by atoms with Crippen LogP contribution in [0.15, 0.2) is 84.9 Å². The molecule has 2 saturated heterocycles. The largest absolute Gasteiger partial charge is 0.387 e. The Labute approximate surface area is 233 Å². The fourth-order valence-electron chi connectivity index (χ4n) is 5.47. The van der Waals surface area contributed by atoms with Gasteiger partial charge in [-0.05, 0) is 52.0 Å². The molecule has 2 aliphatic heterocycles. The van der Waals surface area contributed by atoms with Gasteiger partial charge in [-0.1, -0.05) is 60.7 Å². The van der Waals surface area contributed by atoms with E-state index >= 15 is 0 Å². The van der Waals surface area contributed by atoms with Crippen LogP contribution in [-0.4, -0.2) is 51.2 Å². The maximum Gasteiger partial charge on any atom is 0.164 e. The first-order valence-corrected chi connectivity index (χ1v) is 13.5. The third kappa shape index (κ3) is 5.09. The molecule has 4 aromatic rings. The molecular formula is C32H33FN2O5. The molecule has 0 bridgehead atoms. The van der Waals surface area contributed by atoms with Gasteiger partial charge in [-0.2, -0.15) is 0 Å². The van der Waals surface area contributed by atoms with E-state index < -0.39 is 36.0 Å². The molecule has 0 radical (unpaired) electrons. The van der Waals surface area contributed by atoms with Crippen molar-refractivity contribution in [2.24, 2.45) is 0 Å². The molecule has 0 aliphatic carbocycles. The van der Waals surface area contributed by atoms with Gasteiger partial charge in [-0.15, -0.1) is 0 Å². The van der Waals surface area contributed by atoms with Gasteiger partial charge in [0.1, 0.15) is 36.1 Å². The molecule has 0 spiro atoms. The van der Waals surface area contributed by atoms with Crippen LogP contribution in [0.3, 0.4) is 0 Å². The zero-order chi connectivity index (χ0) is 28.1. The van der Waals surface area contributed by atoms with Gasteiger partial charge in [0.2, 0.25) is 0 Å². The number of aliphatic hydroxyl groups excluding tert-OH is 1. The van der Waals surface area contributed by atoms with Gasteiger partial charge in [0.15, 0.2) is 11.6 Å². The van der Waals surface area contributed by atoms with Crippen molar-refractivity contribution < 1.29 is 28.4 Å². The molecule has 208 valence electrons. The molecule has 2 fully saturated rings. The molecule has 8 heteroatoms. The van der Waals surface area contributed by atoms with E-state index in [4.69, 9.17) is 23.9 Å². The Balaban J connectivity index is 1.56. The number of halogens is 1. The van der Waals surface area contributed by atoms with Crippen LogP contribution in [0, 0.1) is 5.82 Å². The van der Waals surface area contributed by atoms with Crippen molar-refractivity contribution in [2.75, 3.05) is 6.61 Å². The molecule has 2 aliphatic rings. The second-order valence-electron chi connectivity index (χ2n) is 11.1. The summed E-state index contributed by atoms with van der Waals surface area (Å²) in [4.78, 5) is 5.17. The molecule has 4 atom stereocenters. The molecule has 3 aromatic carbocycles. The third-order valence-electron chi connectivity index (χ3n) is 7.21. The van der Waals surface area contributed by atoms with Gasteiger partial charge in [0, 0.05) is 16.8 Å². The number of rotatable bonds is 6. The Bertz CT molecular complexity index is 1470. The van der Waals surface area contributed by atoms with Crippen molar-refractivity contribution in [3.63, 3.8) is 0 Å². The highest BCUT2D eigenvalue weighted by molar-refractivity contribution is 5.80. The second-order valence-corrected chi connectivity index (χ2v) is 11.1. The number of imidazole rings is 1. The summed E-state index contributed by atoms with van der Waals surface area (Å²) >= 11 is 0. The van der Waals surface area contributed by atoms with Gasteiger partial charge >= 0.3 is 0 Å². The summed E-state index contributed by atoms with van der Waals surface area (Å²) in [5, 5.41) is 11.6. The fourth-order valence-corrected chi connectivity index (χ4v) is 5.47. The minimum Gasteiger partial charge on any atom is -0.387 e. The van der Waals surface area contributed by atoms with Crippen molar-refractivity contribution in [3.05, 3.63) is 96.6 Å². The lowest BCUT2D eigenvalue weighted by atomic mass is 10.0. The van der Waals surface area contributed by atoms with Crippen molar-refractivity contribution in [1.29, 1.82) is 0 Å². The summed E-state index contributed by atoms with van der Waals surface area (Å²) < 4.78 is 40.6. The normalized spacial score (nSPS) is 24.3. The molecule has 7 nitrogen and oxygen atoms in total. The van der Waals surface area contributed by atoms with E-state index in [1.807, 2.05) is 92.9 Å². The average molecular weight is 545 g/mol. The van der Waals surface area contributed by atoms with Crippen molar-refractivity contribution in [1.82, 2.24) is 9.55 Å². The zero-order valence-corrected chi connectivity index (χ0v) is 23.0. The fraction of sp³-hybridized carbons (Fsp3) is 0.344. The van der Waals surface area contributed by atoms with Gasteiger partial charge < -0.3 is 24.1 Å². The van der Waals surface area contributed by atoms with E-state index in [2.05, 4.69) is 0 Å². The molecule has 1 aromatic heterocycles. The van der Waals surface area contributed by atoms with E-state index in [-0.39, 0.29) is 12.4 Å². The van der Waals surface area contributed by atoms with E-state index in [1.54, 1.807) is 12.1 Å². The molecule has 3 heterocycles. The highest BCUT2D eigenvalue weighted by Crippen LogP contribution is 2.45. The van der Waals surface area contributed by atoms with E-state index in [0.29, 0.717) is 11.5 Å². The van der Waals surface area contributed by atoms with E-state index in [9.17, 15) is 9.50 Å². The highest BCUT2D eigenvalue weighted by Gasteiger charge is 2.52. The number of benzene rings is 3. The van der Waals surface area contributed by atoms with Crippen LogP contribution >= 0.6 is 0 Å². The average Bonchev–Trinajstić information content (AvgIpc) is 3.61. The number of hydrogen-bond donors (Lipinski definition) is 1. The molecule has 40 heavy (non-hydrogen) atoms. The summed E-state index contributed by atoms with van der Waals surface area (Å²) in [6.07, 6.45) is -3.27. The predicted octanol–water partition coefficient (Wildman–Crippen LogP) is 6.05. The van der Waals surface area contributed by atoms with Crippen molar-refractivity contribution >= 4 is 0 Å². The lowest BCUT2D eigenvalue weighted by Crippen LogP contribution is -2.43. The number of hydrogen-bond acceptors (Lipinski definition) is 6. The second kappa shape index (κ2) is 10.2. The van der Waals surface area contributed by atoms with Gasteiger partial charge in [0.05, 0.1) is 18.0 Å². The summed E-state index contributed by atoms with van der Waals surface area (Å²) in [6.45, 7) is 7.46. The Morgan fingerprint density at radius 1 is 0.825 bits per heavy atom. The number of aromatic nitrogens is 2. The van der Waals surface area contributed by atoms with E-state index in [1.165, 1.54) is 12.1 Å². The number of nitrogens with zero attached hydrogens (tertiary/aromatic N) is 2. The Morgan fingerprint density at radius 3 is 2.05 bits per heavy atom. The summed E-state index contributed by atoms with van der Waals surface area (Å²) in [6, 6.07) is 26.1. The zero-order valence-electron chi connectivity index (χ0n) is 23.0. The van der Waals surface area contributed by atoms with Crippen LogP contribution < -0.4 is 0 Å². The maximum atomic E-state index is 14.1. The van der Waals surface area contributed by atoms with Gasteiger partial charge in [-0.3, -0.25) is 4.57 Å². The first-order chi connectivity index (χ1) is 19.1. The van der Waals surface area contributed by atoms with Crippen LogP contribution in [0.4, 0.5) is 4.39 Å². The van der Waals surface area contributed by atoms with Crippen LogP contribution in [0.5, 0.6) is 0 Å². The van der Waals surface area contributed by atoms with E-state index in [0.717, 1.165) is 22.5 Å². The summed E-state index contributed by atoms with van der Waals surface area (Å²) in [5.41, 5.74) is 4.08. The molecule has 6 rings (SSSR count). The summed E-state index contributed by atoms with van der Waals surface area (Å²) in [5.74, 6) is -1.64. The van der Waals surface area contributed by atoms with Crippen LogP contribution in [0.2, 0.25) is 0 Å². The molecule has 0 amide bonds. The Morgan fingerprint density at radius 2 is 1.45 bits per heavy atom. The molecule has 1 unspecified atom stereocenters. The third-order valence-corrected chi connectivity index (χ3v) is 7.21. The van der Waals surface area contributed by atoms with Crippen LogP contribution in [-0.2, 0) is 18.9 Å². The minimum atomic E-state index is -1.06. The van der Waals surface area contributed by atoms with Crippen LogP contribution in [0.1, 0.15) is 39.6 Å². The lowest BCUT2D eigenvalue weighted by Gasteiger charge is -2.27. The molecular weight excluding hydrogens is 511 g/mol. The first-order valence-electron chi connectivity index (χ1n) is 13.5. The lowest BCUT2D eigenvalue weighted by molar-refractivity contribution is -0.178. The van der Waals surface area contributed by atoms with Crippen molar-refractivity contribution in [3.8, 4) is 28.2 Å². The SMILES string of the molecule is CC1(C)OC(c2nc(-c3ccccc3)c(-c3ccccc3)n2-c2ccc(F)cc2)[C@H]([C@@H](O)[C@H]2COC(C)(C)O2)O1. The minimum absolute atomic E-state index is 0.220. The standard InChI is InChI=1S/C32H33FN2O5/c1-31(2)37-19-24(38-31)27(36)28-29(40-32(3,4)39-28)30-34-25(20-11-7-5-8-12-20)26(21-13-9-6-10-14-21)35(30)23-17-15-22(33)16-18-23/h5-18,24,27-29,36H,19H2,1-4H3/t24-,27+,28+,29?/m1/s1. The summed E-state index contributed by atoms with van der Waals surface area (Å²) in [7, 11) is 0. The van der Waals surface area contributed by atoms with Gasteiger partial charge in [0.25, 0.3) is 0 Å². The molecule has 1 N–H and O–H groups in total. The maximum absolute atomic E-state index is 14.1. The predicted molar refractivity (Wildman–Crippen MR) is 148 cm³/mol. The van der Waals surface area contributed by atoms with Crippen molar-refractivity contribution in [2.45, 2.75) is 63.7 Å². The number of aliphatic hydroxyl groups is 1. The topological polar surface area (TPSA) is 75.0 Å². The van der Waals surface area contributed by atoms with Crippen LogP contribution in [0.25, 0.3) is 28.2 Å². The quantitative estimate of drug-likeness (QED) is 0.319. The smallest absolute Gasteiger partial charge is 0.164 e.